The molecule has 144 valence electrons. The molecule has 1 unspecified atom stereocenters. The van der Waals surface area contributed by atoms with Crippen LogP contribution in [-0.2, 0) is 11.3 Å². The van der Waals surface area contributed by atoms with E-state index in [0.717, 1.165) is 44.3 Å². The van der Waals surface area contributed by atoms with Crippen molar-refractivity contribution in [2.45, 2.75) is 57.7 Å². The minimum absolute atomic E-state index is 0.237. The second kappa shape index (κ2) is 7.08. The van der Waals surface area contributed by atoms with Gasteiger partial charge in [0.2, 0.25) is 5.91 Å². The van der Waals surface area contributed by atoms with E-state index in [1.165, 1.54) is 6.07 Å². The van der Waals surface area contributed by atoms with E-state index in [1.54, 1.807) is 29.1 Å². The predicted molar refractivity (Wildman–Crippen MR) is 102 cm³/mol. The Kier molecular flexibility index (Phi) is 4.76. The number of rotatable bonds is 4. The smallest absolute Gasteiger partial charge is 0.243 e. The summed E-state index contributed by atoms with van der Waals surface area (Å²) in [7, 11) is 0. The Hall–Kier alpha value is -2.21. The number of halogens is 1. The van der Waals surface area contributed by atoms with Gasteiger partial charge < -0.3 is 4.90 Å². The van der Waals surface area contributed by atoms with Crippen LogP contribution in [0.5, 0.6) is 0 Å². The molecule has 1 atom stereocenters. The lowest BCUT2D eigenvalue weighted by Gasteiger charge is -2.46. The van der Waals surface area contributed by atoms with Gasteiger partial charge in [-0.1, -0.05) is 12.1 Å². The zero-order valence-electron chi connectivity index (χ0n) is 16.1. The molecule has 3 heterocycles. The number of carbonyl (C=O) groups excluding carboxylic acids is 1. The van der Waals surface area contributed by atoms with Gasteiger partial charge in [-0.15, -0.1) is 0 Å². The molecule has 0 N–H and O–H groups in total. The average molecular weight is 370 g/mol. The van der Waals surface area contributed by atoms with Crippen molar-refractivity contribution >= 4 is 5.91 Å². The molecular weight excluding hydrogens is 343 g/mol. The van der Waals surface area contributed by atoms with Crippen molar-refractivity contribution in [3.05, 3.63) is 48.0 Å². The van der Waals surface area contributed by atoms with Crippen molar-refractivity contribution in [3.8, 4) is 5.69 Å². The molecule has 5 nitrogen and oxygen atoms in total. The summed E-state index contributed by atoms with van der Waals surface area (Å²) in [5.41, 5.74) is 1.08. The number of para-hydroxylation sites is 1. The second-order valence-electron chi connectivity index (χ2n) is 8.00. The third-order valence-corrected chi connectivity index (χ3v) is 6.00. The van der Waals surface area contributed by atoms with Crippen LogP contribution in [0.1, 0.15) is 45.1 Å². The summed E-state index contributed by atoms with van der Waals surface area (Å²) < 4.78 is 15.6. The lowest BCUT2D eigenvalue weighted by molar-refractivity contribution is -0.149. The fraction of sp³-hybridized carbons (Fsp3) is 0.524. The van der Waals surface area contributed by atoms with Crippen molar-refractivity contribution in [2.75, 3.05) is 13.1 Å². The number of amides is 1. The van der Waals surface area contributed by atoms with E-state index in [1.807, 2.05) is 11.1 Å². The monoisotopic (exact) mass is 370 g/mol. The highest BCUT2D eigenvalue weighted by atomic mass is 19.1. The molecule has 4 rings (SSSR count). The number of carbonyl (C=O) groups is 1. The van der Waals surface area contributed by atoms with Gasteiger partial charge in [0.05, 0.1) is 6.20 Å². The van der Waals surface area contributed by atoms with Crippen molar-refractivity contribution in [3.63, 3.8) is 0 Å². The van der Waals surface area contributed by atoms with E-state index in [9.17, 15) is 9.18 Å². The summed E-state index contributed by atoms with van der Waals surface area (Å²) >= 11 is 0. The standard InChI is InChI=1S/C21H27FN4O/c1-16(2)25-12-6-10-21(20(25)27)9-5-11-24(21)14-17-13-23-26(15-17)19-8-4-3-7-18(19)22/h3-4,7-8,13,15-16H,5-6,9-12,14H2,1-2H3. The van der Waals surface area contributed by atoms with Crippen LogP contribution in [0.25, 0.3) is 5.69 Å². The van der Waals surface area contributed by atoms with Crippen LogP contribution < -0.4 is 0 Å². The van der Waals surface area contributed by atoms with Crippen LogP contribution in [0.15, 0.2) is 36.7 Å². The summed E-state index contributed by atoms with van der Waals surface area (Å²) in [6.07, 6.45) is 7.60. The molecule has 1 spiro atoms. The average Bonchev–Trinajstić information content (AvgIpc) is 3.26. The molecule has 27 heavy (non-hydrogen) atoms. The minimum Gasteiger partial charge on any atom is -0.339 e. The number of aromatic nitrogens is 2. The third-order valence-electron chi connectivity index (χ3n) is 6.00. The first-order chi connectivity index (χ1) is 13.0. The number of hydrogen-bond acceptors (Lipinski definition) is 3. The Bertz CT molecular complexity index is 833. The van der Waals surface area contributed by atoms with Gasteiger partial charge in [-0.3, -0.25) is 9.69 Å². The fourth-order valence-electron chi connectivity index (χ4n) is 4.63. The van der Waals surface area contributed by atoms with E-state index in [0.29, 0.717) is 12.2 Å². The van der Waals surface area contributed by atoms with E-state index in [4.69, 9.17) is 0 Å². The molecule has 2 fully saturated rings. The quantitative estimate of drug-likeness (QED) is 0.829. The summed E-state index contributed by atoms with van der Waals surface area (Å²) in [5.74, 6) is -0.0115. The summed E-state index contributed by atoms with van der Waals surface area (Å²) in [5, 5.41) is 4.34. The fourth-order valence-corrected chi connectivity index (χ4v) is 4.63. The molecule has 0 radical (unpaired) electrons. The maximum Gasteiger partial charge on any atom is 0.243 e. The van der Waals surface area contributed by atoms with E-state index < -0.39 is 0 Å². The largest absolute Gasteiger partial charge is 0.339 e. The highest BCUT2D eigenvalue weighted by molar-refractivity contribution is 5.87. The van der Waals surface area contributed by atoms with Gasteiger partial charge in [0.15, 0.2) is 0 Å². The van der Waals surface area contributed by atoms with Crippen LogP contribution in [0.2, 0.25) is 0 Å². The van der Waals surface area contributed by atoms with Crippen LogP contribution >= 0.6 is 0 Å². The normalized spacial score (nSPS) is 23.7. The van der Waals surface area contributed by atoms with Gasteiger partial charge in [0.1, 0.15) is 17.0 Å². The first-order valence-corrected chi connectivity index (χ1v) is 9.86. The van der Waals surface area contributed by atoms with E-state index in [-0.39, 0.29) is 23.3 Å². The van der Waals surface area contributed by atoms with Crippen LogP contribution in [-0.4, -0.2) is 50.2 Å². The Balaban J connectivity index is 1.56. The first kappa shape index (κ1) is 18.2. The Labute approximate surface area is 159 Å². The summed E-state index contributed by atoms with van der Waals surface area (Å²) in [6.45, 7) is 6.63. The first-order valence-electron chi connectivity index (χ1n) is 9.86. The maximum atomic E-state index is 14.0. The SMILES string of the molecule is CC(C)N1CCCC2(CCCN2Cc2cnn(-c3ccccc3F)c2)C1=O. The molecule has 2 aliphatic rings. The number of hydrogen-bond donors (Lipinski definition) is 0. The van der Waals surface area contributed by atoms with Gasteiger partial charge in [-0.05, 0) is 58.2 Å². The molecular formula is C21H27FN4O. The van der Waals surface area contributed by atoms with Gasteiger partial charge in [-0.25, -0.2) is 9.07 Å². The van der Waals surface area contributed by atoms with Crippen LogP contribution in [0, 0.1) is 5.82 Å². The number of benzene rings is 1. The molecule has 1 aromatic heterocycles. The Morgan fingerprint density at radius 2 is 1.93 bits per heavy atom. The molecule has 1 amide bonds. The number of likely N-dealkylation sites (tertiary alicyclic amines) is 2. The van der Waals surface area contributed by atoms with E-state index >= 15 is 0 Å². The molecule has 1 aromatic carbocycles. The maximum absolute atomic E-state index is 14.0. The van der Waals surface area contributed by atoms with Gasteiger partial charge in [0.25, 0.3) is 0 Å². The molecule has 2 aliphatic heterocycles. The van der Waals surface area contributed by atoms with Gasteiger partial charge >= 0.3 is 0 Å². The van der Waals surface area contributed by atoms with Crippen molar-refractivity contribution in [1.82, 2.24) is 19.6 Å². The molecule has 0 saturated carbocycles. The summed E-state index contributed by atoms with van der Waals surface area (Å²) in [4.78, 5) is 17.6. The molecule has 2 saturated heterocycles. The molecule has 0 aliphatic carbocycles. The van der Waals surface area contributed by atoms with Crippen LogP contribution in [0.4, 0.5) is 4.39 Å². The van der Waals surface area contributed by atoms with Gasteiger partial charge in [-0.2, -0.15) is 5.10 Å². The second-order valence-corrected chi connectivity index (χ2v) is 8.00. The topological polar surface area (TPSA) is 41.4 Å². The number of nitrogens with zero attached hydrogens (tertiary/aromatic N) is 4. The third kappa shape index (κ3) is 3.16. The minimum atomic E-state index is -0.372. The Morgan fingerprint density at radius 3 is 2.67 bits per heavy atom. The molecule has 6 heteroatoms. The highest BCUT2D eigenvalue weighted by Crippen LogP contribution is 2.39. The Morgan fingerprint density at radius 1 is 1.19 bits per heavy atom. The lowest BCUT2D eigenvalue weighted by atomic mass is 9.84. The predicted octanol–water partition coefficient (Wildman–Crippen LogP) is 3.38. The van der Waals surface area contributed by atoms with Crippen LogP contribution in [0.3, 0.4) is 0 Å². The zero-order valence-corrected chi connectivity index (χ0v) is 16.1. The number of piperidine rings is 1. The van der Waals surface area contributed by atoms with Crippen molar-refractivity contribution in [2.24, 2.45) is 0 Å². The highest BCUT2D eigenvalue weighted by Gasteiger charge is 2.51. The lowest BCUT2D eigenvalue weighted by Crippen LogP contribution is -2.61. The summed E-state index contributed by atoms with van der Waals surface area (Å²) in [6, 6.07) is 6.87. The molecule has 0 bridgehead atoms. The van der Waals surface area contributed by atoms with E-state index in [2.05, 4.69) is 23.8 Å². The van der Waals surface area contributed by atoms with Gasteiger partial charge in [0, 0.05) is 30.9 Å². The van der Waals surface area contributed by atoms with Crippen molar-refractivity contribution in [1.29, 1.82) is 0 Å². The van der Waals surface area contributed by atoms with Crippen molar-refractivity contribution < 1.29 is 9.18 Å². The zero-order chi connectivity index (χ0) is 19.0. The molecule has 2 aromatic rings.